The van der Waals surface area contributed by atoms with Crippen LogP contribution in [0.3, 0.4) is 0 Å². The van der Waals surface area contributed by atoms with Gasteiger partial charge in [-0.05, 0) is 40.7 Å². The van der Waals surface area contributed by atoms with Gasteiger partial charge in [0, 0.05) is 24.1 Å². The number of halogens is 1. The van der Waals surface area contributed by atoms with Crippen molar-refractivity contribution < 1.29 is 9.53 Å². The van der Waals surface area contributed by atoms with Crippen molar-refractivity contribution in [3.05, 3.63) is 20.8 Å². The predicted molar refractivity (Wildman–Crippen MR) is 62.1 cm³/mol. The van der Waals surface area contributed by atoms with E-state index in [0.29, 0.717) is 13.0 Å². The molecule has 2 nitrogen and oxygen atoms in total. The van der Waals surface area contributed by atoms with Gasteiger partial charge in [0.15, 0.2) is 5.78 Å². The number of Topliss-reactive ketones (excluding diaryl/α,β-unsaturated/α-hetero) is 1. The van der Waals surface area contributed by atoms with Gasteiger partial charge < -0.3 is 4.74 Å². The minimum absolute atomic E-state index is 0.201. The number of hydrogen-bond donors (Lipinski definition) is 0. The molecule has 0 aromatic carbocycles. The molecule has 78 valence electrons. The Labute approximate surface area is 96.4 Å². The third kappa shape index (κ3) is 3.52. The zero-order valence-electron chi connectivity index (χ0n) is 8.09. The summed E-state index contributed by atoms with van der Waals surface area (Å²) in [5.41, 5.74) is 0. The summed E-state index contributed by atoms with van der Waals surface area (Å²) in [6.45, 7) is 3.35. The smallest absolute Gasteiger partial charge is 0.174 e. The van der Waals surface area contributed by atoms with Gasteiger partial charge in [-0.2, -0.15) is 0 Å². The summed E-state index contributed by atoms with van der Waals surface area (Å²) in [6, 6.07) is 1.90. The highest BCUT2D eigenvalue weighted by Crippen LogP contribution is 2.24. The monoisotopic (exact) mass is 276 g/mol. The first-order chi connectivity index (χ1) is 6.75. The zero-order valence-corrected chi connectivity index (χ0v) is 10.5. The lowest BCUT2D eigenvalue weighted by Gasteiger charge is -2.00. The molecular weight excluding hydrogens is 264 g/mol. The lowest BCUT2D eigenvalue weighted by Crippen LogP contribution is -2.00. The summed E-state index contributed by atoms with van der Waals surface area (Å²) in [5.74, 6) is 0.201. The summed E-state index contributed by atoms with van der Waals surface area (Å²) >= 11 is 4.83. The maximum absolute atomic E-state index is 11.6. The average molecular weight is 277 g/mol. The Balaban J connectivity index is 2.32. The molecule has 0 amide bonds. The molecule has 0 atom stereocenters. The van der Waals surface area contributed by atoms with Gasteiger partial charge in [0.05, 0.1) is 4.88 Å². The summed E-state index contributed by atoms with van der Waals surface area (Å²) < 4.78 is 6.08. The second kappa shape index (κ2) is 6.32. The van der Waals surface area contributed by atoms with Crippen LogP contribution in [-0.2, 0) is 4.74 Å². The van der Waals surface area contributed by atoms with Crippen LogP contribution in [0.15, 0.2) is 15.9 Å². The highest BCUT2D eigenvalue weighted by Gasteiger charge is 2.10. The van der Waals surface area contributed by atoms with Crippen LogP contribution in [0.25, 0.3) is 0 Å². The summed E-state index contributed by atoms with van der Waals surface area (Å²) in [5, 5.41) is 1.92. The number of ether oxygens (including phenoxy) is 1. The maximum Gasteiger partial charge on any atom is 0.174 e. The molecule has 0 aliphatic carbocycles. The molecule has 1 heterocycles. The fraction of sp³-hybridized carbons (Fsp3) is 0.500. The molecule has 0 spiro atoms. The quantitative estimate of drug-likeness (QED) is 0.587. The van der Waals surface area contributed by atoms with Gasteiger partial charge in [-0.3, -0.25) is 4.79 Å². The molecule has 0 saturated carbocycles. The highest BCUT2D eigenvalue weighted by atomic mass is 79.9. The second-order valence-electron chi connectivity index (χ2n) is 2.82. The Bertz CT molecular complexity index is 296. The van der Waals surface area contributed by atoms with Crippen molar-refractivity contribution in [2.45, 2.75) is 19.8 Å². The molecule has 0 fully saturated rings. The van der Waals surface area contributed by atoms with Gasteiger partial charge in [-0.25, -0.2) is 0 Å². The molecule has 14 heavy (non-hydrogen) atoms. The van der Waals surface area contributed by atoms with Crippen LogP contribution in [0.5, 0.6) is 0 Å². The minimum Gasteiger partial charge on any atom is -0.382 e. The lowest BCUT2D eigenvalue weighted by atomic mass is 10.2. The molecule has 0 aliphatic rings. The van der Waals surface area contributed by atoms with Crippen LogP contribution in [0.4, 0.5) is 0 Å². The fourth-order valence-corrected chi connectivity index (χ4v) is 2.65. The van der Waals surface area contributed by atoms with Crippen LogP contribution in [0, 0.1) is 0 Å². The Kier molecular flexibility index (Phi) is 5.37. The second-order valence-corrected chi connectivity index (χ2v) is 4.59. The third-order valence-electron chi connectivity index (χ3n) is 1.77. The molecule has 0 N–H and O–H groups in total. The third-order valence-corrected chi connectivity index (χ3v) is 3.65. The average Bonchev–Trinajstić information content (AvgIpc) is 2.59. The van der Waals surface area contributed by atoms with E-state index in [-0.39, 0.29) is 5.78 Å². The molecule has 4 heteroatoms. The van der Waals surface area contributed by atoms with Crippen LogP contribution < -0.4 is 0 Å². The van der Waals surface area contributed by atoms with Crippen LogP contribution in [-0.4, -0.2) is 19.0 Å². The molecule has 0 aliphatic heterocycles. The summed E-state index contributed by atoms with van der Waals surface area (Å²) in [6.07, 6.45) is 1.37. The maximum atomic E-state index is 11.6. The van der Waals surface area contributed by atoms with Gasteiger partial charge in [0.25, 0.3) is 0 Å². The van der Waals surface area contributed by atoms with Crippen molar-refractivity contribution in [1.82, 2.24) is 0 Å². The van der Waals surface area contributed by atoms with Gasteiger partial charge in [0.2, 0.25) is 0 Å². The van der Waals surface area contributed by atoms with E-state index in [2.05, 4.69) is 15.9 Å². The van der Waals surface area contributed by atoms with Crippen molar-refractivity contribution in [3.63, 3.8) is 0 Å². The molecular formula is C10H13BrO2S. The van der Waals surface area contributed by atoms with Crippen molar-refractivity contribution >= 4 is 33.0 Å². The normalized spacial score (nSPS) is 10.4. The van der Waals surface area contributed by atoms with E-state index >= 15 is 0 Å². The molecule has 1 aromatic heterocycles. The number of ketones is 1. The van der Waals surface area contributed by atoms with E-state index in [4.69, 9.17) is 4.74 Å². The SMILES string of the molecule is CCOCCCC(=O)c1sccc1Br. The first-order valence-electron chi connectivity index (χ1n) is 4.59. The van der Waals surface area contributed by atoms with E-state index in [9.17, 15) is 4.79 Å². The summed E-state index contributed by atoms with van der Waals surface area (Å²) in [7, 11) is 0. The number of hydrogen-bond acceptors (Lipinski definition) is 3. The number of carbonyl (C=O) groups excluding carboxylic acids is 1. The Hall–Kier alpha value is -0.190. The largest absolute Gasteiger partial charge is 0.382 e. The van der Waals surface area contributed by atoms with E-state index in [1.54, 1.807) is 0 Å². The first kappa shape index (κ1) is 11.9. The number of thiophene rings is 1. The fourth-order valence-electron chi connectivity index (χ4n) is 1.09. The first-order valence-corrected chi connectivity index (χ1v) is 6.27. The van der Waals surface area contributed by atoms with E-state index in [1.165, 1.54) is 11.3 Å². The predicted octanol–water partition coefficient (Wildman–Crippen LogP) is 3.51. The van der Waals surface area contributed by atoms with Crippen LogP contribution >= 0.6 is 27.3 Å². The molecule has 1 rings (SSSR count). The Morgan fingerprint density at radius 1 is 1.64 bits per heavy atom. The minimum atomic E-state index is 0.201. The molecule has 0 saturated heterocycles. The highest BCUT2D eigenvalue weighted by molar-refractivity contribution is 9.10. The number of rotatable bonds is 6. The molecule has 0 bridgehead atoms. The zero-order chi connectivity index (χ0) is 10.4. The Morgan fingerprint density at radius 3 is 3.00 bits per heavy atom. The van der Waals surface area contributed by atoms with Gasteiger partial charge in [-0.1, -0.05) is 0 Å². The Morgan fingerprint density at radius 2 is 2.43 bits per heavy atom. The lowest BCUT2D eigenvalue weighted by molar-refractivity contribution is 0.0950. The summed E-state index contributed by atoms with van der Waals surface area (Å²) in [4.78, 5) is 12.4. The van der Waals surface area contributed by atoms with Gasteiger partial charge in [0.1, 0.15) is 0 Å². The van der Waals surface area contributed by atoms with E-state index in [1.807, 2.05) is 18.4 Å². The molecule has 0 unspecified atom stereocenters. The topological polar surface area (TPSA) is 26.3 Å². The van der Waals surface area contributed by atoms with E-state index < -0.39 is 0 Å². The molecule has 1 aromatic rings. The van der Waals surface area contributed by atoms with Gasteiger partial charge >= 0.3 is 0 Å². The van der Waals surface area contributed by atoms with Gasteiger partial charge in [-0.15, -0.1) is 11.3 Å². The molecule has 0 radical (unpaired) electrons. The van der Waals surface area contributed by atoms with Crippen LogP contribution in [0.1, 0.15) is 29.4 Å². The van der Waals surface area contributed by atoms with Crippen molar-refractivity contribution in [2.24, 2.45) is 0 Å². The number of carbonyl (C=O) groups is 1. The van der Waals surface area contributed by atoms with E-state index in [0.717, 1.165) is 22.4 Å². The van der Waals surface area contributed by atoms with Crippen molar-refractivity contribution in [2.75, 3.05) is 13.2 Å². The van der Waals surface area contributed by atoms with Crippen molar-refractivity contribution in [3.8, 4) is 0 Å². The van der Waals surface area contributed by atoms with Crippen molar-refractivity contribution in [1.29, 1.82) is 0 Å². The van der Waals surface area contributed by atoms with Crippen LogP contribution in [0.2, 0.25) is 0 Å². The standard InChI is InChI=1S/C10H13BrO2S/c1-2-13-6-3-4-9(12)10-8(11)5-7-14-10/h5,7H,2-4,6H2,1H3.